The molecule has 0 aliphatic heterocycles. The molecule has 2 N–H and O–H groups in total. The SMILES string of the molecule is COc1cccc(OC)c1-n1c(NS(=O)(=O)C(C)Cc2ccc(Br)cn2)nnc1-c1ccco1.O=C(O)C(F)(F)F. The third kappa shape index (κ3) is 7.75. The first kappa shape index (κ1) is 31.4. The van der Waals surface area contributed by atoms with Gasteiger partial charge in [0.25, 0.3) is 0 Å². The van der Waals surface area contributed by atoms with Crippen LogP contribution in [0.1, 0.15) is 12.6 Å². The number of nitrogens with one attached hydrogen (secondary N) is 1. The van der Waals surface area contributed by atoms with E-state index in [1.165, 1.54) is 25.0 Å². The summed E-state index contributed by atoms with van der Waals surface area (Å²) in [4.78, 5) is 13.2. The number of methoxy groups -OCH3 is 2. The smallest absolute Gasteiger partial charge is 0.490 e. The van der Waals surface area contributed by atoms with Crippen LogP contribution in [0.4, 0.5) is 19.1 Å². The fraction of sp³-hybridized carbons (Fsp3) is 0.250. The summed E-state index contributed by atoms with van der Waals surface area (Å²) in [6.07, 6.45) is -1.76. The number of benzene rings is 1. The number of hydrogen-bond donors (Lipinski definition) is 2. The molecule has 12 nitrogen and oxygen atoms in total. The van der Waals surface area contributed by atoms with Gasteiger partial charge in [-0.05, 0) is 59.3 Å². The Balaban J connectivity index is 0.000000587. The first-order valence-electron chi connectivity index (χ1n) is 11.4. The van der Waals surface area contributed by atoms with E-state index in [4.69, 9.17) is 23.8 Å². The van der Waals surface area contributed by atoms with Crippen LogP contribution in [0.5, 0.6) is 11.5 Å². The second-order valence-electron chi connectivity index (χ2n) is 8.10. The molecular weight excluding hydrogens is 639 g/mol. The van der Waals surface area contributed by atoms with Crippen molar-refractivity contribution in [3.8, 4) is 28.8 Å². The minimum atomic E-state index is -5.08. The average molecular weight is 662 g/mol. The third-order valence-electron chi connectivity index (χ3n) is 5.32. The van der Waals surface area contributed by atoms with E-state index >= 15 is 0 Å². The molecule has 0 aliphatic rings. The van der Waals surface area contributed by atoms with Gasteiger partial charge in [0.2, 0.25) is 21.8 Å². The number of carbonyl (C=O) groups is 1. The second kappa shape index (κ2) is 13.0. The summed E-state index contributed by atoms with van der Waals surface area (Å²) < 4.78 is 79.7. The predicted molar refractivity (Wildman–Crippen MR) is 144 cm³/mol. The van der Waals surface area contributed by atoms with Crippen LogP contribution in [0.3, 0.4) is 0 Å². The van der Waals surface area contributed by atoms with Crippen LogP contribution >= 0.6 is 15.9 Å². The van der Waals surface area contributed by atoms with E-state index in [1.807, 2.05) is 6.07 Å². The molecule has 1 aromatic carbocycles. The molecular formula is C24H23BrF3N5O7S. The molecule has 41 heavy (non-hydrogen) atoms. The lowest BCUT2D eigenvalue weighted by molar-refractivity contribution is -0.192. The van der Waals surface area contributed by atoms with Gasteiger partial charge < -0.3 is 19.0 Å². The van der Waals surface area contributed by atoms with Crippen molar-refractivity contribution in [2.45, 2.75) is 24.8 Å². The van der Waals surface area contributed by atoms with Crippen LogP contribution in [0.15, 0.2) is 63.8 Å². The molecule has 1 atom stereocenters. The fourth-order valence-corrected chi connectivity index (χ4v) is 4.55. The first-order valence-corrected chi connectivity index (χ1v) is 13.7. The predicted octanol–water partition coefficient (Wildman–Crippen LogP) is 4.71. The summed E-state index contributed by atoms with van der Waals surface area (Å²) in [5, 5.41) is 14.6. The molecule has 4 rings (SSSR count). The molecule has 1 unspecified atom stereocenters. The number of nitrogens with zero attached hydrogens (tertiary/aromatic N) is 4. The quantitative estimate of drug-likeness (QED) is 0.257. The maximum absolute atomic E-state index is 13.2. The Morgan fingerprint density at radius 1 is 1.12 bits per heavy atom. The number of pyridine rings is 1. The Morgan fingerprint density at radius 3 is 2.24 bits per heavy atom. The van der Waals surface area contributed by atoms with Crippen molar-refractivity contribution in [2.24, 2.45) is 0 Å². The Bertz CT molecular complexity index is 1560. The number of sulfonamides is 1. The van der Waals surface area contributed by atoms with Crippen molar-refractivity contribution in [3.63, 3.8) is 0 Å². The molecule has 220 valence electrons. The lowest BCUT2D eigenvalue weighted by Gasteiger charge is -2.18. The van der Waals surface area contributed by atoms with E-state index in [-0.39, 0.29) is 18.2 Å². The molecule has 3 aromatic heterocycles. The average Bonchev–Trinajstić information content (AvgIpc) is 3.59. The molecule has 0 saturated heterocycles. The number of alkyl halides is 3. The Morgan fingerprint density at radius 2 is 1.76 bits per heavy atom. The van der Waals surface area contributed by atoms with Crippen LogP contribution in [0.2, 0.25) is 0 Å². The van der Waals surface area contributed by atoms with Crippen LogP contribution in [-0.2, 0) is 21.2 Å². The van der Waals surface area contributed by atoms with Crippen LogP contribution in [0, 0.1) is 0 Å². The maximum atomic E-state index is 13.2. The number of anilines is 1. The number of carboxylic acid groups (broad SMARTS) is 1. The monoisotopic (exact) mass is 661 g/mol. The summed E-state index contributed by atoms with van der Waals surface area (Å²) in [5.41, 5.74) is 1.06. The number of aliphatic carboxylic acids is 1. The van der Waals surface area contributed by atoms with Gasteiger partial charge in [0.1, 0.15) is 17.2 Å². The summed E-state index contributed by atoms with van der Waals surface area (Å²) in [6.45, 7) is 1.60. The van der Waals surface area contributed by atoms with Gasteiger partial charge in [-0.3, -0.25) is 14.3 Å². The second-order valence-corrected chi connectivity index (χ2v) is 11.1. The Kier molecular flexibility index (Phi) is 9.98. The molecule has 17 heteroatoms. The van der Waals surface area contributed by atoms with Gasteiger partial charge >= 0.3 is 12.1 Å². The van der Waals surface area contributed by atoms with Crippen molar-refractivity contribution in [3.05, 3.63) is 65.1 Å². The highest BCUT2D eigenvalue weighted by atomic mass is 79.9. The highest BCUT2D eigenvalue weighted by molar-refractivity contribution is 9.10. The van der Waals surface area contributed by atoms with Crippen LogP contribution in [-0.4, -0.2) is 64.9 Å². The first-order chi connectivity index (χ1) is 19.3. The molecule has 0 fully saturated rings. The number of furan rings is 1. The third-order valence-corrected chi connectivity index (χ3v) is 7.48. The zero-order valence-electron chi connectivity index (χ0n) is 21.6. The molecule has 3 heterocycles. The number of para-hydroxylation sites is 1. The summed E-state index contributed by atoms with van der Waals surface area (Å²) in [7, 11) is -0.872. The normalized spacial score (nSPS) is 12.2. The van der Waals surface area contributed by atoms with Crippen molar-refractivity contribution in [1.82, 2.24) is 19.7 Å². The highest BCUT2D eigenvalue weighted by Gasteiger charge is 2.38. The summed E-state index contributed by atoms with van der Waals surface area (Å²) >= 11 is 3.33. The molecule has 0 aliphatic carbocycles. The zero-order valence-corrected chi connectivity index (χ0v) is 24.0. The topological polar surface area (TPSA) is 159 Å². The lowest BCUT2D eigenvalue weighted by Crippen LogP contribution is -2.28. The maximum Gasteiger partial charge on any atom is 0.490 e. The highest BCUT2D eigenvalue weighted by Crippen LogP contribution is 2.37. The number of ether oxygens (including phenoxy) is 2. The number of aromatic nitrogens is 4. The van der Waals surface area contributed by atoms with Gasteiger partial charge in [-0.1, -0.05) is 6.07 Å². The molecule has 0 radical (unpaired) electrons. The van der Waals surface area contributed by atoms with Gasteiger partial charge in [0.05, 0.1) is 25.7 Å². The number of rotatable bonds is 9. The van der Waals surface area contributed by atoms with E-state index in [0.29, 0.717) is 28.6 Å². The van der Waals surface area contributed by atoms with Crippen molar-refractivity contribution in [1.29, 1.82) is 0 Å². The summed E-state index contributed by atoms with van der Waals surface area (Å²) in [5.74, 6) is -1.28. The van der Waals surface area contributed by atoms with Gasteiger partial charge in [0, 0.05) is 22.8 Å². The van der Waals surface area contributed by atoms with Crippen LogP contribution < -0.4 is 14.2 Å². The van der Waals surface area contributed by atoms with Gasteiger partial charge in [-0.15, -0.1) is 10.2 Å². The van der Waals surface area contributed by atoms with E-state index in [2.05, 4.69) is 35.8 Å². The largest absolute Gasteiger partial charge is 0.494 e. The zero-order chi connectivity index (χ0) is 30.4. The van der Waals surface area contributed by atoms with Crippen LogP contribution in [0.25, 0.3) is 17.3 Å². The number of halogens is 4. The summed E-state index contributed by atoms with van der Waals surface area (Å²) in [6, 6.07) is 12.2. The molecule has 0 saturated carbocycles. The Hall–Kier alpha value is -4.12. The molecule has 0 bridgehead atoms. The fourth-order valence-electron chi connectivity index (χ4n) is 3.34. The van der Waals surface area contributed by atoms with E-state index < -0.39 is 27.4 Å². The minimum absolute atomic E-state index is 0.0372. The van der Waals surface area contributed by atoms with E-state index in [9.17, 15) is 21.6 Å². The number of hydrogen-bond acceptors (Lipinski definition) is 9. The lowest BCUT2D eigenvalue weighted by atomic mass is 10.2. The minimum Gasteiger partial charge on any atom is -0.494 e. The molecule has 0 spiro atoms. The standard InChI is InChI=1S/C22H22BrN5O5S.C2HF3O2/c1-14(12-16-10-9-15(23)13-24-16)34(29,30)27-22-26-25-21(19-8-5-11-33-19)28(22)20-17(31-2)6-4-7-18(20)32-3;3-2(4,5)1(6)7/h4-11,13-14H,12H2,1-3H3,(H,26,27);(H,6,7). The van der Waals surface area contributed by atoms with Crippen molar-refractivity contribution >= 4 is 37.9 Å². The Labute approximate surface area is 240 Å². The van der Waals surface area contributed by atoms with E-state index in [0.717, 1.165) is 4.47 Å². The van der Waals surface area contributed by atoms with Crippen molar-refractivity contribution in [2.75, 3.05) is 18.9 Å². The van der Waals surface area contributed by atoms with Gasteiger partial charge in [-0.25, -0.2) is 13.2 Å². The van der Waals surface area contributed by atoms with Crippen molar-refractivity contribution < 1.29 is 45.4 Å². The van der Waals surface area contributed by atoms with Gasteiger partial charge in [-0.2, -0.15) is 13.2 Å². The molecule has 4 aromatic rings. The van der Waals surface area contributed by atoms with E-state index in [1.54, 1.807) is 49.5 Å². The van der Waals surface area contributed by atoms with Gasteiger partial charge in [0.15, 0.2) is 5.76 Å². The molecule has 0 amide bonds. The number of carboxylic acids is 1.